The fraction of sp³-hybridized carbons (Fsp3) is 0.667. The van der Waals surface area contributed by atoms with Crippen LogP contribution in [0.2, 0.25) is 0 Å². The van der Waals surface area contributed by atoms with Gasteiger partial charge in [0.05, 0.1) is 6.54 Å². The van der Waals surface area contributed by atoms with Gasteiger partial charge in [0, 0.05) is 6.54 Å². The van der Waals surface area contributed by atoms with Crippen molar-refractivity contribution in [1.29, 1.82) is 0 Å². The molecule has 2 rings (SSSR count). The largest absolute Gasteiger partial charge is 0.407 e. The van der Waals surface area contributed by atoms with Crippen molar-refractivity contribution < 1.29 is 9.21 Å². The van der Waals surface area contributed by atoms with Gasteiger partial charge < -0.3 is 20.8 Å². The first-order chi connectivity index (χ1) is 7.72. The summed E-state index contributed by atoms with van der Waals surface area (Å²) in [7, 11) is 0. The maximum atomic E-state index is 11.3. The van der Waals surface area contributed by atoms with Crippen molar-refractivity contribution in [3.8, 4) is 0 Å². The molecule has 7 heteroatoms. The number of carbonyl (C=O) groups is 1. The fourth-order valence-electron chi connectivity index (χ4n) is 1.90. The lowest BCUT2D eigenvalue weighted by atomic mass is 10.0. The minimum absolute atomic E-state index is 0.197. The lowest BCUT2D eigenvalue weighted by Crippen LogP contribution is -2.48. The van der Waals surface area contributed by atoms with Crippen LogP contribution in [0.5, 0.6) is 0 Å². The molecule has 1 amide bonds. The molecule has 1 aliphatic heterocycles. The summed E-state index contributed by atoms with van der Waals surface area (Å²) in [6.07, 6.45) is 2.71. The first kappa shape index (κ1) is 10.9. The molecule has 1 aromatic rings. The van der Waals surface area contributed by atoms with Crippen molar-refractivity contribution >= 4 is 11.9 Å². The average Bonchev–Trinajstić information content (AvgIpc) is 2.77. The van der Waals surface area contributed by atoms with Crippen LogP contribution in [0.15, 0.2) is 4.42 Å². The van der Waals surface area contributed by atoms with Gasteiger partial charge in [0.1, 0.15) is 6.04 Å². The van der Waals surface area contributed by atoms with E-state index in [4.69, 9.17) is 15.9 Å². The summed E-state index contributed by atoms with van der Waals surface area (Å²) >= 11 is 0. The normalized spacial score (nSPS) is 21.1. The molecule has 4 N–H and O–H groups in total. The minimum atomic E-state index is -0.354. The first-order valence-corrected chi connectivity index (χ1v) is 5.31. The number of aromatic nitrogens is 2. The molecule has 1 aliphatic rings. The number of primary amides is 1. The molecule has 0 saturated carbocycles. The van der Waals surface area contributed by atoms with Crippen LogP contribution >= 0.6 is 0 Å². The second-order valence-electron chi connectivity index (χ2n) is 3.79. The molecule has 0 aromatic carbocycles. The zero-order valence-electron chi connectivity index (χ0n) is 8.93. The Morgan fingerprint density at radius 2 is 2.31 bits per heavy atom. The number of rotatable bonds is 3. The van der Waals surface area contributed by atoms with Gasteiger partial charge in [-0.05, 0) is 19.3 Å². The van der Waals surface area contributed by atoms with E-state index in [1.54, 1.807) is 4.90 Å². The van der Waals surface area contributed by atoms with E-state index in [0.29, 0.717) is 18.5 Å². The van der Waals surface area contributed by atoms with E-state index >= 15 is 0 Å². The van der Waals surface area contributed by atoms with E-state index in [-0.39, 0.29) is 18.5 Å². The number of piperidine rings is 1. The van der Waals surface area contributed by atoms with Crippen LogP contribution in [0.25, 0.3) is 0 Å². The Bertz CT molecular complexity index is 378. The Balaban J connectivity index is 2.19. The van der Waals surface area contributed by atoms with E-state index in [0.717, 1.165) is 19.3 Å². The molecule has 1 fully saturated rings. The molecule has 0 radical (unpaired) electrons. The van der Waals surface area contributed by atoms with Crippen LogP contribution in [0.1, 0.15) is 25.2 Å². The zero-order valence-corrected chi connectivity index (χ0v) is 8.93. The quantitative estimate of drug-likeness (QED) is 0.708. The number of nitrogens with zero attached hydrogens (tertiary/aromatic N) is 3. The summed E-state index contributed by atoms with van der Waals surface area (Å²) in [4.78, 5) is 13.0. The van der Waals surface area contributed by atoms with Crippen molar-refractivity contribution in [2.24, 2.45) is 11.5 Å². The summed E-state index contributed by atoms with van der Waals surface area (Å²) in [5, 5.41) is 7.63. The van der Waals surface area contributed by atoms with E-state index < -0.39 is 0 Å². The molecule has 1 unspecified atom stereocenters. The molecule has 0 spiro atoms. The molecule has 1 saturated heterocycles. The number of amides is 1. The summed E-state index contributed by atoms with van der Waals surface area (Å²) in [6, 6.07) is -0.0104. The Morgan fingerprint density at radius 3 is 2.94 bits per heavy atom. The van der Waals surface area contributed by atoms with Gasteiger partial charge in [-0.1, -0.05) is 5.10 Å². The maximum Gasteiger partial charge on any atom is 0.318 e. The van der Waals surface area contributed by atoms with Crippen LogP contribution in [0.4, 0.5) is 6.01 Å². The van der Waals surface area contributed by atoms with Crippen molar-refractivity contribution in [2.75, 3.05) is 11.4 Å². The Labute approximate surface area is 92.8 Å². The van der Waals surface area contributed by atoms with Gasteiger partial charge in [-0.2, -0.15) is 0 Å². The Morgan fingerprint density at radius 1 is 1.50 bits per heavy atom. The van der Waals surface area contributed by atoms with E-state index in [1.165, 1.54) is 0 Å². The van der Waals surface area contributed by atoms with Crippen LogP contribution in [-0.4, -0.2) is 28.7 Å². The molecule has 1 aromatic heterocycles. The molecule has 16 heavy (non-hydrogen) atoms. The molecular weight excluding hydrogens is 210 g/mol. The van der Waals surface area contributed by atoms with Gasteiger partial charge in [0.15, 0.2) is 0 Å². The maximum absolute atomic E-state index is 11.3. The number of anilines is 1. The number of hydrogen-bond donors (Lipinski definition) is 2. The first-order valence-electron chi connectivity index (χ1n) is 5.31. The molecule has 1 atom stereocenters. The van der Waals surface area contributed by atoms with Crippen molar-refractivity contribution in [3.63, 3.8) is 0 Å². The van der Waals surface area contributed by atoms with Crippen LogP contribution in [0, 0.1) is 0 Å². The average molecular weight is 225 g/mol. The van der Waals surface area contributed by atoms with Gasteiger partial charge in [-0.3, -0.25) is 4.79 Å². The van der Waals surface area contributed by atoms with Crippen molar-refractivity contribution in [2.45, 2.75) is 31.8 Å². The third-order valence-corrected chi connectivity index (χ3v) is 2.71. The number of carbonyl (C=O) groups excluding carboxylic acids is 1. The number of nitrogens with two attached hydrogens (primary N) is 2. The van der Waals surface area contributed by atoms with Gasteiger partial charge >= 0.3 is 6.01 Å². The zero-order chi connectivity index (χ0) is 11.5. The van der Waals surface area contributed by atoms with Gasteiger partial charge in [-0.15, -0.1) is 5.10 Å². The van der Waals surface area contributed by atoms with Crippen molar-refractivity contribution in [1.82, 2.24) is 10.2 Å². The predicted molar refractivity (Wildman–Crippen MR) is 56.4 cm³/mol. The molecule has 88 valence electrons. The van der Waals surface area contributed by atoms with E-state index in [9.17, 15) is 4.79 Å². The summed E-state index contributed by atoms with van der Waals surface area (Å²) in [6.45, 7) is 0.905. The fourth-order valence-corrected chi connectivity index (χ4v) is 1.90. The summed E-state index contributed by atoms with van der Waals surface area (Å²) in [5.74, 6) is 0.0102. The molecule has 0 aliphatic carbocycles. The highest BCUT2D eigenvalue weighted by molar-refractivity contribution is 5.83. The van der Waals surface area contributed by atoms with Gasteiger partial charge in [-0.25, -0.2) is 0 Å². The lowest BCUT2D eigenvalue weighted by Gasteiger charge is -2.31. The summed E-state index contributed by atoms with van der Waals surface area (Å²) in [5.41, 5.74) is 10.7. The lowest BCUT2D eigenvalue weighted by molar-refractivity contribution is -0.119. The highest BCUT2D eigenvalue weighted by Gasteiger charge is 2.30. The highest BCUT2D eigenvalue weighted by atomic mass is 16.4. The topological polar surface area (TPSA) is 111 Å². The Hall–Kier alpha value is -1.63. The Kier molecular flexibility index (Phi) is 3.04. The standard InChI is InChI=1S/C9H15N5O2/c10-5-7-12-13-9(16-7)14-4-2-1-3-6(14)8(11)15/h6H,1-5,10H2,(H2,11,15). The van der Waals surface area contributed by atoms with Crippen LogP contribution in [-0.2, 0) is 11.3 Å². The SMILES string of the molecule is NCc1nnc(N2CCCCC2C(N)=O)o1. The predicted octanol–water partition coefficient (Wildman–Crippen LogP) is -0.627. The monoisotopic (exact) mass is 225 g/mol. The summed E-state index contributed by atoms with van der Waals surface area (Å²) < 4.78 is 5.32. The third-order valence-electron chi connectivity index (χ3n) is 2.71. The number of hydrogen-bond acceptors (Lipinski definition) is 6. The molecular formula is C9H15N5O2. The van der Waals surface area contributed by atoms with Gasteiger partial charge in [0.25, 0.3) is 0 Å². The van der Waals surface area contributed by atoms with Crippen LogP contribution < -0.4 is 16.4 Å². The van der Waals surface area contributed by atoms with E-state index in [1.807, 2.05) is 0 Å². The highest BCUT2D eigenvalue weighted by Crippen LogP contribution is 2.23. The van der Waals surface area contributed by atoms with Gasteiger partial charge in [0.2, 0.25) is 11.8 Å². The second-order valence-corrected chi connectivity index (χ2v) is 3.79. The molecule has 0 bridgehead atoms. The second kappa shape index (κ2) is 4.48. The molecule has 2 heterocycles. The smallest absolute Gasteiger partial charge is 0.318 e. The molecule has 7 nitrogen and oxygen atoms in total. The van der Waals surface area contributed by atoms with E-state index in [2.05, 4.69) is 10.2 Å². The van der Waals surface area contributed by atoms with Crippen molar-refractivity contribution in [3.05, 3.63) is 5.89 Å². The third kappa shape index (κ3) is 1.99. The van der Waals surface area contributed by atoms with Crippen LogP contribution in [0.3, 0.4) is 0 Å². The minimum Gasteiger partial charge on any atom is -0.407 e.